The lowest BCUT2D eigenvalue weighted by atomic mass is 10.0. The van der Waals surface area contributed by atoms with Gasteiger partial charge >= 0.3 is 0 Å². The Labute approximate surface area is 136 Å². The second-order valence-electron chi connectivity index (χ2n) is 6.22. The van der Waals surface area contributed by atoms with Crippen molar-refractivity contribution in [3.63, 3.8) is 0 Å². The van der Waals surface area contributed by atoms with Gasteiger partial charge < -0.3 is 10.1 Å². The Bertz CT molecular complexity index is 660. The molecule has 2 heterocycles. The minimum Gasteiger partial charge on any atom is -0.381 e. The number of carbonyl (C=O) groups excluding carboxylic acids is 1. The quantitative estimate of drug-likeness (QED) is 0.923. The van der Waals surface area contributed by atoms with Gasteiger partial charge in [-0.3, -0.25) is 9.48 Å². The van der Waals surface area contributed by atoms with E-state index in [9.17, 15) is 4.79 Å². The molecular weight excluding hydrogens is 290 g/mol. The Morgan fingerprint density at radius 2 is 2.22 bits per heavy atom. The van der Waals surface area contributed by atoms with Crippen molar-refractivity contribution < 1.29 is 9.53 Å². The van der Waals surface area contributed by atoms with Gasteiger partial charge in [0.05, 0.1) is 18.3 Å². The fraction of sp³-hybridized carbons (Fsp3) is 0.444. The van der Waals surface area contributed by atoms with E-state index in [1.54, 1.807) is 6.20 Å². The van der Waals surface area contributed by atoms with Crippen LogP contribution in [0.2, 0.25) is 0 Å². The Morgan fingerprint density at radius 3 is 3.00 bits per heavy atom. The van der Waals surface area contributed by atoms with Crippen LogP contribution < -0.4 is 5.32 Å². The molecule has 1 aliphatic rings. The van der Waals surface area contributed by atoms with Crippen LogP contribution in [0.5, 0.6) is 0 Å². The van der Waals surface area contributed by atoms with E-state index >= 15 is 0 Å². The number of hydrogen-bond acceptors (Lipinski definition) is 3. The van der Waals surface area contributed by atoms with E-state index < -0.39 is 0 Å². The van der Waals surface area contributed by atoms with Crippen molar-refractivity contribution >= 4 is 11.6 Å². The molecule has 0 radical (unpaired) electrons. The van der Waals surface area contributed by atoms with Crippen LogP contribution in [-0.2, 0) is 22.5 Å². The highest BCUT2D eigenvalue weighted by Gasteiger charge is 2.15. The number of rotatable bonds is 5. The molecule has 23 heavy (non-hydrogen) atoms. The van der Waals surface area contributed by atoms with Crippen LogP contribution in [0.3, 0.4) is 0 Å². The predicted molar refractivity (Wildman–Crippen MR) is 89.3 cm³/mol. The topological polar surface area (TPSA) is 56.2 Å². The molecule has 1 fully saturated rings. The van der Waals surface area contributed by atoms with Crippen molar-refractivity contribution in [1.82, 2.24) is 9.78 Å². The molecule has 1 saturated heterocycles. The molecule has 0 spiro atoms. The number of hydrogen-bond donors (Lipinski definition) is 1. The lowest BCUT2D eigenvalue weighted by molar-refractivity contribution is -0.115. The van der Waals surface area contributed by atoms with Gasteiger partial charge in [0.25, 0.3) is 0 Å². The summed E-state index contributed by atoms with van der Waals surface area (Å²) in [6.07, 6.45) is 6.16. The van der Waals surface area contributed by atoms with Crippen LogP contribution in [0.4, 0.5) is 5.69 Å². The molecule has 122 valence electrons. The maximum atomic E-state index is 12.1. The van der Waals surface area contributed by atoms with Gasteiger partial charge in [0.1, 0.15) is 0 Å². The summed E-state index contributed by atoms with van der Waals surface area (Å²) in [7, 11) is 0. The number of anilines is 1. The first-order valence-electron chi connectivity index (χ1n) is 8.14. The molecule has 1 aliphatic heterocycles. The summed E-state index contributed by atoms with van der Waals surface area (Å²) in [6.45, 7) is 4.59. The number of carbonyl (C=O) groups is 1. The van der Waals surface area contributed by atoms with Gasteiger partial charge in [0.2, 0.25) is 5.91 Å². The molecule has 1 amide bonds. The highest BCUT2D eigenvalue weighted by molar-refractivity contribution is 5.91. The van der Waals surface area contributed by atoms with E-state index in [1.165, 1.54) is 5.56 Å². The van der Waals surface area contributed by atoms with E-state index in [2.05, 4.69) is 10.4 Å². The normalized spacial score (nSPS) is 15.5. The average molecular weight is 313 g/mol. The lowest BCUT2D eigenvalue weighted by Gasteiger charge is -2.21. The summed E-state index contributed by atoms with van der Waals surface area (Å²) in [4.78, 5) is 12.1. The molecule has 1 N–H and O–H groups in total. The zero-order valence-electron chi connectivity index (χ0n) is 13.5. The van der Waals surface area contributed by atoms with Crippen molar-refractivity contribution in [3.05, 3.63) is 47.8 Å². The number of ether oxygens (including phenoxy) is 1. The fourth-order valence-corrected chi connectivity index (χ4v) is 2.93. The van der Waals surface area contributed by atoms with Crippen LogP contribution in [0.25, 0.3) is 0 Å². The van der Waals surface area contributed by atoms with Crippen molar-refractivity contribution in [2.75, 3.05) is 18.5 Å². The maximum absolute atomic E-state index is 12.1. The summed E-state index contributed by atoms with van der Waals surface area (Å²) < 4.78 is 7.29. The Hall–Kier alpha value is -2.14. The van der Waals surface area contributed by atoms with Gasteiger partial charge in [-0.1, -0.05) is 29.8 Å². The molecule has 5 nitrogen and oxygen atoms in total. The number of aryl methyl sites for hydroxylation is 1. The van der Waals surface area contributed by atoms with Crippen molar-refractivity contribution in [3.8, 4) is 0 Å². The summed E-state index contributed by atoms with van der Waals surface area (Å²) in [5.74, 6) is 0.598. The Balaban J connectivity index is 1.52. The van der Waals surface area contributed by atoms with Gasteiger partial charge in [-0.2, -0.15) is 5.10 Å². The van der Waals surface area contributed by atoms with Gasteiger partial charge in [0.15, 0.2) is 0 Å². The molecule has 0 unspecified atom stereocenters. The third-order valence-corrected chi connectivity index (χ3v) is 4.15. The zero-order chi connectivity index (χ0) is 16.1. The molecular formula is C18H23N3O2. The third kappa shape index (κ3) is 4.66. The highest BCUT2D eigenvalue weighted by atomic mass is 16.5. The molecule has 1 aromatic heterocycles. The Kier molecular flexibility index (Phi) is 5.08. The SMILES string of the molecule is Cc1cccc(CC(=O)Nc2cnn(CC3CCOCC3)c2)c1. The average Bonchev–Trinajstić information content (AvgIpc) is 2.95. The summed E-state index contributed by atoms with van der Waals surface area (Å²) >= 11 is 0. The Morgan fingerprint density at radius 1 is 1.39 bits per heavy atom. The second kappa shape index (κ2) is 7.42. The molecule has 0 saturated carbocycles. The van der Waals surface area contributed by atoms with Gasteiger partial charge in [0, 0.05) is 26.0 Å². The van der Waals surface area contributed by atoms with Crippen LogP contribution in [-0.4, -0.2) is 28.9 Å². The van der Waals surface area contributed by atoms with E-state index in [1.807, 2.05) is 42.1 Å². The van der Waals surface area contributed by atoms with Crippen molar-refractivity contribution in [2.24, 2.45) is 5.92 Å². The van der Waals surface area contributed by atoms with E-state index in [4.69, 9.17) is 4.74 Å². The van der Waals surface area contributed by atoms with E-state index in [0.717, 1.165) is 43.9 Å². The summed E-state index contributed by atoms with van der Waals surface area (Å²) in [6, 6.07) is 8.01. The van der Waals surface area contributed by atoms with Crippen molar-refractivity contribution in [2.45, 2.75) is 32.7 Å². The van der Waals surface area contributed by atoms with Gasteiger partial charge in [-0.15, -0.1) is 0 Å². The van der Waals surface area contributed by atoms with Crippen molar-refractivity contribution in [1.29, 1.82) is 0 Å². The molecule has 0 atom stereocenters. The number of nitrogens with zero attached hydrogens (tertiary/aromatic N) is 2. The fourth-order valence-electron chi connectivity index (χ4n) is 2.93. The molecule has 0 bridgehead atoms. The van der Waals surface area contributed by atoms with E-state index in [0.29, 0.717) is 12.3 Å². The molecule has 0 aliphatic carbocycles. The van der Waals surface area contributed by atoms with Gasteiger partial charge in [-0.25, -0.2) is 0 Å². The predicted octanol–water partition coefficient (Wildman–Crippen LogP) is 2.80. The molecule has 5 heteroatoms. The third-order valence-electron chi connectivity index (χ3n) is 4.15. The summed E-state index contributed by atoms with van der Waals surface area (Å²) in [5, 5.41) is 7.27. The maximum Gasteiger partial charge on any atom is 0.228 e. The van der Waals surface area contributed by atoms with Crippen LogP contribution in [0, 0.1) is 12.8 Å². The van der Waals surface area contributed by atoms with Gasteiger partial charge in [-0.05, 0) is 31.2 Å². The number of aromatic nitrogens is 2. The standard InChI is InChI=1S/C18H23N3O2/c1-14-3-2-4-16(9-14)10-18(22)20-17-11-19-21(13-17)12-15-5-7-23-8-6-15/h2-4,9,11,13,15H,5-8,10,12H2,1H3,(H,20,22). The number of benzene rings is 1. The largest absolute Gasteiger partial charge is 0.381 e. The number of nitrogens with one attached hydrogen (secondary N) is 1. The summed E-state index contributed by atoms with van der Waals surface area (Å²) in [5.41, 5.74) is 2.95. The first-order chi connectivity index (χ1) is 11.2. The molecule has 3 rings (SSSR count). The molecule has 1 aromatic carbocycles. The first-order valence-corrected chi connectivity index (χ1v) is 8.14. The van der Waals surface area contributed by atoms with E-state index in [-0.39, 0.29) is 5.91 Å². The monoisotopic (exact) mass is 313 g/mol. The minimum absolute atomic E-state index is 0.0128. The van der Waals surface area contributed by atoms with Crippen LogP contribution in [0.1, 0.15) is 24.0 Å². The molecule has 2 aromatic rings. The second-order valence-corrected chi connectivity index (χ2v) is 6.22. The zero-order valence-corrected chi connectivity index (χ0v) is 13.5. The lowest BCUT2D eigenvalue weighted by Crippen LogP contribution is -2.20. The highest BCUT2D eigenvalue weighted by Crippen LogP contribution is 2.17. The van der Waals surface area contributed by atoms with Crippen LogP contribution in [0.15, 0.2) is 36.7 Å². The smallest absolute Gasteiger partial charge is 0.228 e. The minimum atomic E-state index is -0.0128. The first kappa shape index (κ1) is 15.7. The number of amides is 1. The van der Waals surface area contributed by atoms with Crippen LogP contribution >= 0.6 is 0 Å².